The van der Waals surface area contributed by atoms with Crippen molar-refractivity contribution < 1.29 is 19.7 Å². The van der Waals surface area contributed by atoms with Crippen molar-refractivity contribution in [2.75, 3.05) is 0 Å². The smallest absolute Gasteiger partial charge is 0.226 e. The highest BCUT2D eigenvalue weighted by Crippen LogP contribution is 2.46. The maximum atomic E-state index is 11.8. The van der Waals surface area contributed by atoms with E-state index in [4.69, 9.17) is 15.5 Å². The molecule has 1 aliphatic rings. The van der Waals surface area contributed by atoms with Gasteiger partial charge in [0.2, 0.25) is 11.7 Å². The van der Waals surface area contributed by atoms with E-state index in [1.54, 1.807) is 0 Å². The summed E-state index contributed by atoms with van der Waals surface area (Å²) in [5, 5.41) is 10.3. The van der Waals surface area contributed by atoms with Gasteiger partial charge in [0.1, 0.15) is 0 Å². The predicted octanol–water partition coefficient (Wildman–Crippen LogP) is 2.09. The van der Waals surface area contributed by atoms with E-state index in [0.717, 1.165) is 11.1 Å². The molecule has 1 heterocycles. The van der Waals surface area contributed by atoms with Gasteiger partial charge in [0.25, 0.3) is 0 Å². The Kier molecular flexibility index (Phi) is 3.93. The van der Waals surface area contributed by atoms with Crippen LogP contribution in [0.1, 0.15) is 24.5 Å². The standard InChI is InChI=1S/C18H19NO4/c1-17(21)15(16(19)20)12-18(23-22-17,13-8-4-2-5-9-13)14-10-6-3-7-11-14/h2-11,15,21H,12H2,1H3,(H2,19,20). The van der Waals surface area contributed by atoms with Gasteiger partial charge >= 0.3 is 0 Å². The van der Waals surface area contributed by atoms with E-state index in [-0.39, 0.29) is 6.42 Å². The number of rotatable bonds is 3. The second-order valence-corrected chi connectivity index (χ2v) is 5.94. The van der Waals surface area contributed by atoms with Gasteiger partial charge in [-0.1, -0.05) is 60.7 Å². The minimum absolute atomic E-state index is 0.184. The van der Waals surface area contributed by atoms with E-state index in [0.29, 0.717) is 0 Å². The molecule has 2 unspecified atom stereocenters. The molecule has 3 N–H and O–H groups in total. The number of nitrogens with two attached hydrogens (primary N) is 1. The molecule has 0 saturated carbocycles. The van der Waals surface area contributed by atoms with Gasteiger partial charge in [0.05, 0.1) is 5.92 Å². The fourth-order valence-corrected chi connectivity index (χ4v) is 3.00. The zero-order chi connectivity index (χ0) is 16.5. The molecule has 5 nitrogen and oxygen atoms in total. The maximum absolute atomic E-state index is 11.8. The second kappa shape index (κ2) is 5.77. The van der Waals surface area contributed by atoms with Crippen molar-refractivity contribution in [3.05, 3.63) is 71.8 Å². The first-order valence-corrected chi connectivity index (χ1v) is 7.45. The molecule has 23 heavy (non-hydrogen) atoms. The summed E-state index contributed by atoms with van der Waals surface area (Å²) in [4.78, 5) is 22.7. The zero-order valence-corrected chi connectivity index (χ0v) is 12.8. The first-order valence-electron chi connectivity index (χ1n) is 7.45. The SMILES string of the molecule is CC1(O)OOC(c2ccccc2)(c2ccccc2)CC1C(N)=O. The Hall–Kier alpha value is -2.21. The largest absolute Gasteiger partial charge is 0.369 e. The lowest BCUT2D eigenvalue weighted by Crippen LogP contribution is -2.54. The van der Waals surface area contributed by atoms with Crippen LogP contribution >= 0.6 is 0 Å². The molecule has 0 bridgehead atoms. The zero-order valence-electron chi connectivity index (χ0n) is 12.8. The number of hydrogen-bond donors (Lipinski definition) is 2. The van der Waals surface area contributed by atoms with Crippen LogP contribution in [0.25, 0.3) is 0 Å². The van der Waals surface area contributed by atoms with Crippen LogP contribution < -0.4 is 5.73 Å². The molecule has 1 aliphatic heterocycles. The first-order chi connectivity index (χ1) is 11.0. The summed E-state index contributed by atoms with van der Waals surface area (Å²) in [5.41, 5.74) is 6.13. The van der Waals surface area contributed by atoms with E-state index >= 15 is 0 Å². The summed E-state index contributed by atoms with van der Waals surface area (Å²) >= 11 is 0. The molecule has 1 fully saturated rings. The molecule has 2 aromatic carbocycles. The quantitative estimate of drug-likeness (QED) is 0.850. The fraction of sp³-hybridized carbons (Fsp3) is 0.278. The number of carbonyl (C=O) groups excluding carboxylic acids is 1. The molecule has 2 aromatic rings. The number of benzene rings is 2. The number of amides is 1. The summed E-state index contributed by atoms with van der Waals surface area (Å²) in [6, 6.07) is 18.9. The molecule has 0 aromatic heterocycles. The van der Waals surface area contributed by atoms with Gasteiger partial charge in [0, 0.05) is 6.42 Å². The Bertz CT molecular complexity index is 645. The topological polar surface area (TPSA) is 81.8 Å². The van der Waals surface area contributed by atoms with Crippen molar-refractivity contribution in [2.45, 2.75) is 24.7 Å². The molecule has 120 valence electrons. The third-order valence-electron chi connectivity index (χ3n) is 4.31. The van der Waals surface area contributed by atoms with E-state index < -0.39 is 23.2 Å². The monoisotopic (exact) mass is 313 g/mol. The normalized spacial score (nSPS) is 26.6. The Morgan fingerprint density at radius 1 is 1.04 bits per heavy atom. The van der Waals surface area contributed by atoms with E-state index in [2.05, 4.69) is 0 Å². The molecule has 1 amide bonds. The van der Waals surface area contributed by atoms with Gasteiger partial charge in [-0.2, -0.15) is 4.89 Å². The Morgan fingerprint density at radius 2 is 1.52 bits per heavy atom. The van der Waals surface area contributed by atoms with Crippen molar-refractivity contribution in [3.63, 3.8) is 0 Å². The third kappa shape index (κ3) is 2.74. The van der Waals surface area contributed by atoms with Crippen molar-refractivity contribution in [1.29, 1.82) is 0 Å². The van der Waals surface area contributed by atoms with Gasteiger partial charge in [0.15, 0.2) is 5.60 Å². The molecule has 2 atom stereocenters. The number of primary amides is 1. The number of carbonyl (C=O) groups is 1. The molecule has 0 radical (unpaired) electrons. The van der Waals surface area contributed by atoms with Crippen LogP contribution in [0, 0.1) is 5.92 Å². The van der Waals surface area contributed by atoms with Crippen LogP contribution in [-0.4, -0.2) is 16.8 Å². The Morgan fingerprint density at radius 3 is 1.96 bits per heavy atom. The van der Waals surface area contributed by atoms with Gasteiger partial charge in [-0.3, -0.25) is 4.79 Å². The van der Waals surface area contributed by atoms with Gasteiger partial charge < -0.3 is 10.8 Å². The van der Waals surface area contributed by atoms with Crippen LogP contribution in [0.2, 0.25) is 0 Å². The average molecular weight is 313 g/mol. The number of aliphatic hydroxyl groups is 1. The molecule has 3 rings (SSSR count). The van der Waals surface area contributed by atoms with Crippen molar-refractivity contribution in [3.8, 4) is 0 Å². The Balaban J connectivity index is 2.13. The third-order valence-corrected chi connectivity index (χ3v) is 4.31. The highest BCUT2D eigenvalue weighted by Gasteiger charge is 2.53. The van der Waals surface area contributed by atoms with Gasteiger partial charge in [-0.05, 0) is 18.1 Å². The van der Waals surface area contributed by atoms with E-state index in [1.807, 2.05) is 60.7 Å². The predicted molar refractivity (Wildman–Crippen MR) is 83.8 cm³/mol. The summed E-state index contributed by atoms with van der Waals surface area (Å²) in [6.07, 6.45) is 0.184. The highest BCUT2D eigenvalue weighted by molar-refractivity contribution is 5.78. The van der Waals surface area contributed by atoms with Crippen LogP contribution in [0.15, 0.2) is 60.7 Å². The molecule has 0 spiro atoms. The van der Waals surface area contributed by atoms with E-state index in [9.17, 15) is 9.90 Å². The van der Waals surface area contributed by atoms with Gasteiger partial charge in [-0.25, -0.2) is 4.89 Å². The van der Waals surface area contributed by atoms with Crippen molar-refractivity contribution >= 4 is 5.91 Å². The molecular weight excluding hydrogens is 294 g/mol. The van der Waals surface area contributed by atoms with Crippen molar-refractivity contribution in [2.24, 2.45) is 11.7 Å². The van der Waals surface area contributed by atoms with Gasteiger partial charge in [-0.15, -0.1) is 0 Å². The molecule has 0 aliphatic carbocycles. The minimum atomic E-state index is -1.76. The molecular formula is C18H19NO4. The number of hydrogen-bond acceptors (Lipinski definition) is 4. The first kappa shape index (κ1) is 15.7. The Labute approximate surface area is 134 Å². The summed E-state index contributed by atoms with van der Waals surface area (Å²) < 4.78 is 0. The second-order valence-electron chi connectivity index (χ2n) is 5.94. The molecule has 1 saturated heterocycles. The lowest BCUT2D eigenvalue weighted by atomic mass is 9.76. The highest BCUT2D eigenvalue weighted by atomic mass is 17.2. The van der Waals surface area contributed by atoms with Crippen LogP contribution in [0.3, 0.4) is 0 Å². The lowest BCUT2D eigenvalue weighted by molar-refractivity contribution is -0.487. The van der Waals surface area contributed by atoms with Crippen LogP contribution in [0.4, 0.5) is 0 Å². The minimum Gasteiger partial charge on any atom is -0.369 e. The fourth-order valence-electron chi connectivity index (χ4n) is 3.00. The lowest BCUT2D eigenvalue weighted by Gasteiger charge is -2.45. The average Bonchev–Trinajstić information content (AvgIpc) is 2.56. The summed E-state index contributed by atoms with van der Waals surface area (Å²) in [5.74, 6) is -3.30. The van der Waals surface area contributed by atoms with Crippen molar-refractivity contribution in [1.82, 2.24) is 0 Å². The molecule has 5 heteroatoms. The summed E-state index contributed by atoms with van der Waals surface area (Å²) in [6.45, 7) is 1.38. The maximum Gasteiger partial charge on any atom is 0.226 e. The van der Waals surface area contributed by atoms with E-state index in [1.165, 1.54) is 6.92 Å². The van der Waals surface area contributed by atoms with Crippen LogP contribution in [0.5, 0.6) is 0 Å². The van der Waals surface area contributed by atoms with Crippen LogP contribution in [-0.2, 0) is 20.2 Å². The summed E-state index contributed by atoms with van der Waals surface area (Å²) in [7, 11) is 0.